The number of carbonyl (C=O) groups is 1. The standard InChI is InChI=1S/C20H31N3O6/c1-3-5-10-27-11-12-29-19-13-17(18(14-21-19)23(25)26)22-16-8-6-15(7-9-16)20(24)28-4-2/h13-16H,3-12H2,1-2H3,(H,21,22)/t15-,16+. The van der Waals surface area contributed by atoms with E-state index in [0.29, 0.717) is 50.8 Å². The Morgan fingerprint density at radius 2 is 2.00 bits per heavy atom. The molecule has 1 N–H and O–H groups in total. The van der Waals surface area contributed by atoms with Crippen molar-refractivity contribution in [3.05, 3.63) is 22.4 Å². The van der Waals surface area contributed by atoms with E-state index in [9.17, 15) is 14.9 Å². The number of nitro groups is 1. The molecule has 0 amide bonds. The Labute approximate surface area is 171 Å². The van der Waals surface area contributed by atoms with Crippen LogP contribution in [-0.4, -0.2) is 48.3 Å². The molecule has 1 aromatic rings. The van der Waals surface area contributed by atoms with Crippen LogP contribution in [0.4, 0.5) is 11.4 Å². The fraction of sp³-hybridized carbons (Fsp3) is 0.700. The SMILES string of the molecule is CCCCOCCOc1cc(N[C@H]2CC[C@@H](C(=O)OCC)CC2)c([N+](=O)[O-])cn1. The normalized spacial score (nSPS) is 18.8. The summed E-state index contributed by atoms with van der Waals surface area (Å²) in [4.78, 5) is 26.8. The van der Waals surface area contributed by atoms with Crippen molar-refractivity contribution in [1.29, 1.82) is 0 Å². The topological polar surface area (TPSA) is 113 Å². The molecule has 2 rings (SSSR count). The molecule has 1 heterocycles. The molecule has 0 bridgehead atoms. The van der Waals surface area contributed by atoms with Crippen molar-refractivity contribution in [2.24, 2.45) is 5.92 Å². The van der Waals surface area contributed by atoms with Crippen LogP contribution >= 0.6 is 0 Å². The largest absolute Gasteiger partial charge is 0.475 e. The first-order chi connectivity index (χ1) is 14.0. The highest BCUT2D eigenvalue weighted by atomic mass is 16.6. The van der Waals surface area contributed by atoms with Gasteiger partial charge in [-0.2, -0.15) is 0 Å². The maximum Gasteiger partial charge on any atom is 0.310 e. The molecular weight excluding hydrogens is 378 g/mol. The molecular formula is C20H31N3O6. The van der Waals surface area contributed by atoms with E-state index in [4.69, 9.17) is 14.2 Å². The quantitative estimate of drug-likeness (QED) is 0.240. The Morgan fingerprint density at radius 3 is 2.66 bits per heavy atom. The molecule has 0 aromatic carbocycles. The van der Waals surface area contributed by atoms with Gasteiger partial charge in [-0.3, -0.25) is 14.9 Å². The highest BCUT2D eigenvalue weighted by Gasteiger charge is 2.28. The molecule has 9 heteroatoms. The minimum Gasteiger partial charge on any atom is -0.475 e. The molecule has 1 aliphatic rings. The van der Waals surface area contributed by atoms with Gasteiger partial charge in [-0.25, -0.2) is 4.98 Å². The van der Waals surface area contributed by atoms with Crippen LogP contribution in [0.1, 0.15) is 52.4 Å². The summed E-state index contributed by atoms with van der Waals surface area (Å²) in [6.45, 7) is 5.74. The molecule has 0 atom stereocenters. The molecule has 0 aliphatic heterocycles. The van der Waals surface area contributed by atoms with Crippen molar-refractivity contribution < 1.29 is 23.9 Å². The first-order valence-electron chi connectivity index (χ1n) is 10.3. The molecule has 162 valence electrons. The summed E-state index contributed by atoms with van der Waals surface area (Å²) in [6, 6.07) is 1.61. The van der Waals surface area contributed by atoms with Crippen molar-refractivity contribution in [3.63, 3.8) is 0 Å². The second-order valence-corrected chi connectivity index (χ2v) is 7.06. The van der Waals surface area contributed by atoms with Crippen LogP contribution in [0.5, 0.6) is 5.88 Å². The number of ether oxygens (including phenoxy) is 3. The highest BCUT2D eigenvalue weighted by Crippen LogP contribution is 2.32. The molecule has 1 saturated carbocycles. The van der Waals surface area contributed by atoms with Crippen LogP contribution in [0.2, 0.25) is 0 Å². The number of esters is 1. The lowest BCUT2D eigenvalue weighted by Gasteiger charge is -2.28. The minimum absolute atomic E-state index is 0.0482. The Hall–Kier alpha value is -2.42. The number of unbranched alkanes of at least 4 members (excludes halogenated alkanes) is 1. The second kappa shape index (κ2) is 12.2. The summed E-state index contributed by atoms with van der Waals surface area (Å²) in [5.41, 5.74) is 0.288. The molecule has 0 unspecified atom stereocenters. The van der Waals surface area contributed by atoms with Gasteiger partial charge in [0, 0.05) is 18.7 Å². The van der Waals surface area contributed by atoms with Crippen molar-refractivity contribution in [1.82, 2.24) is 4.98 Å². The van der Waals surface area contributed by atoms with Crippen LogP contribution in [0.3, 0.4) is 0 Å². The van der Waals surface area contributed by atoms with Gasteiger partial charge < -0.3 is 19.5 Å². The van der Waals surface area contributed by atoms with Gasteiger partial charge in [0.2, 0.25) is 5.88 Å². The van der Waals surface area contributed by atoms with Crippen molar-refractivity contribution in [2.75, 3.05) is 31.7 Å². The van der Waals surface area contributed by atoms with Gasteiger partial charge in [0.05, 0.1) is 24.1 Å². The number of nitrogens with zero attached hydrogens (tertiary/aromatic N) is 2. The number of carbonyl (C=O) groups excluding carboxylic acids is 1. The van der Waals surface area contributed by atoms with Gasteiger partial charge in [0.15, 0.2) is 0 Å². The zero-order valence-electron chi connectivity index (χ0n) is 17.2. The fourth-order valence-corrected chi connectivity index (χ4v) is 3.28. The Bertz CT molecular complexity index is 662. The van der Waals surface area contributed by atoms with Crippen molar-refractivity contribution in [3.8, 4) is 5.88 Å². The fourth-order valence-electron chi connectivity index (χ4n) is 3.28. The number of pyridine rings is 1. The average molecular weight is 409 g/mol. The van der Waals surface area contributed by atoms with Crippen LogP contribution in [0, 0.1) is 16.0 Å². The lowest BCUT2D eigenvalue weighted by atomic mass is 9.86. The molecule has 9 nitrogen and oxygen atoms in total. The summed E-state index contributed by atoms with van der Waals surface area (Å²) in [5, 5.41) is 14.6. The number of hydrogen-bond acceptors (Lipinski definition) is 8. The van der Waals surface area contributed by atoms with Gasteiger partial charge >= 0.3 is 11.7 Å². The Balaban J connectivity index is 1.91. The van der Waals surface area contributed by atoms with E-state index in [1.807, 2.05) is 0 Å². The number of rotatable bonds is 12. The zero-order valence-corrected chi connectivity index (χ0v) is 17.2. The number of anilines is 1. The number of aromatic nitrogens is 1. The van der Waals surface area contributed by atoms with Crippen LogP contribution in [0.25, 0.3) is 0 Å². The van der Waals surface area contributed by atoms with Crippen LogP contribution in [-0.2, 0) is 14.3 Å². The van der Waals surface area contributed by atoms with Crippen molar-refractivity contribution >= 4 is 17.3 Å². The molecule has 1 aliphatic carbocycles. The third kappa shape index (κ3) is 7.49. The van der Waals surface area contributed by atoms with E-state index in [-0.39, 0.29) is 23.6 Å². The lowest BCUT2D eigenvalue weighted by Crippen LogP contribution is -2.30. The molecule has 29 heavy (non-hydrogen) atoms. The van der Waals surface area contributed by atoms with Gasteiger partial charge in [0.1, 0.15) is 18.5 Å². The van der Waals surface area contributed by atoms with E-state index >= 15 is 0 Å². The van der Waals surface area contributed by atoms with Crippen molar-refractivity contribution in [2.45, 2.75) is 58.4 Å². The van der Waals surface area contributed by atoms with Crippen LogP contribution in [0.15, 0.2) is 12.3 Å². The maximum absolute atomic E-state index is 11.9. The van der Waals surface area contributed by atoms with Gasteiger partial charge in [-0.1, -0.05) is 13.3 Å². The predicted octanol–water partition coefficient (Wildman–Crippen LogP) is 3.72. The molecule has 1 fully saturated rings. The smallest absolute Gasteiger partial charge is 0.310 e. The summed E-state index contributed by atoms with van der Waals surface area (Å²) >= 11 is 0. The number of hydrogen-bond donors (Lipinski definition) is 1. The summed E-state index contributed by atoms with van der Waals surface area (Å²) in [7, 11) is 0. The van der Waals surface area contributed by atoms with Gasteiger partial charge in [0.25, 0.3) is 0 Å². The number of nitrogens with one attached hydrogen (secondary N) is 1. The molecule has 0 spiro atoms. The van der Waals surface area contributed by atoms with E-state index in [1.54, 1.807) is 13.0 Å². The van der Waals surface area contributed by atoms with Gasteiger partial charge in [-0.15, -0.1) is 0 Å². The Kier molecular flexibility index (Phi) is 9.63. The molecule has 1 aromatic heterocycles. The predicted molar refractivity (Wildman–Crippen MR) is 108 cm³/mol. The molecule has 0 saturated heterocycles. The second-order valence-electron chi connectivity index (χ2n) is 7.06. The average Bonchev–Trinajstić information content (AvgIpc) is 2.71. The first-order valence-corrected chi connectivity index (χ1v) is 10.3. The summed E-state index contributed by atoms with van der Waals surface area (Å²) < 4.78 is 16.1. The Morgan fingerprint density at radius 1 is 1.24 bits per heavy atom. The maximum atomic E-state index is 11.9. The van der Waals surface area contributed by atoms with E-state index < -0.39 is 4.92 Å². The lowest BCUT2D eigenvalue weighted by molar-refractivity contribution is -0.384. The zero-order chi connectivity index (χ0) is 21.1. The first kappa shape index (κ1) is 22.9. The van der Waals surface area contributed by atoms with Crippen LogP contribution < -0.4 is 10.1 Å². The van der Waals surface area contributed by atoms with E-state index in [2.05, 4.69) is 17.2 Å². The van der Waals surface area contributed by atoms with Gasteiger partial charge in [-0.05, 0) is 39.0 Å². The highest BCUT2D eigenvalue weighted by molar-refractivity contribution is 5.72. The van der Waals surface area contributed by atoms with E-state index in [0.717, 1.165) is 25.7 Å². The third-order valence-electron chi connectivity index (χ3n) is 4.88. The summed E-state index contributed by atoms with van der Waals surface area (Å²) in [6.07, 6.45) is 6.17. The molecule has 0 radical (unpaired) electrons. The summed E-state index contributed by atoms with van der Waals surface area (Å²) in [5.74, 6) is 0.0714. The minimum atomic E-state index is -0.461. The third-order valence-corrected chi connectivity index (χ3v) is 4.88. The monoisotopic (exact) mass is 409 g/mol. The van der Waals surface area contributed by atoms with E-state index in [1.165, 1.54) is 6.20 Å².